The Morgan fingerprint density at radius 3 is 2.53 bits per heavy atom. The summed E-state index contributed by atoms with van der Waals surface area (Å²) in [6, 6.07) is 16.2. The molecule has 150 valence electrons. The van der Waals surface area contributed by atoms with Crippen molar-refractivity contribution in [2.75, 3.05) is 6.54 Å². The van der Waals surface area contributed by atoms with Crippen LogP contribution in [0.15, 0.2) is 65.4 Å². The number of rotatable bonds is 6. The van der Waals surface area contributed by atoms with Crippen molar-refractivity contribution in [2.24, 2.45) is 0 Å². The van der Waals surface area contributed by atoms with E-state index in [1.807, 2.05) is 47.2 Å². The van der Waals surface area contributed by atoms with Crippen LogP contribution in [0.5, 0.6) is 17.2 Å². The minimum Gasteiger partial charge on any atom is -0.505 e. The average molecular weight is 420 g/mol. The van der Waals surface area contributed by atoms with Crippen LogP contribution in [-0.2, 0) is 4.79 Å². The zero-order valence-corrected chi connectivity index (χ0v) is 16.3. The Bertz CT molecular complexity index is 1220. The van der Waals surface area contributed by atoms with E-state index in [1.54, 1.807) is 18.2 Å². The number of nitrogens with one attached hydrogen (secondary N) is 1. The van der Waals surface area contributed by atoms with Gasteiger partial charge in [0.2, 0.25) is 0 Å². The van der Waals surface area contributed by atoms with Gasteiger partial charge in [0.25, 0.3) is 5.91 Å². The van der Waals surface area contributed by atoms with Gasteiger partial charge in [-0.25, -0.2) is 4.98 Å². The van der Waals surface area contributed by atoms with Crippen molar-refractivity contribution >= 4 is 34.0 Å². The van der Waals surface area contributed by atoms with Gasteiger partial charge < -0.3 is 20.3 Å². The van der Waals surface area contributed by atoms with Crippen LogP contribution in [-0.4, -0.2) is 33.6 Å². The number of carboxylic acids is 1. The number of fused-ring (bicyclic) bond motifs is 1. The number of hydrogen-bond donors (Lipinski definition) is 3. The number of carbonyl (C=O) groups excluding carboxylic acids is 1. The van der Waals surface area contributed by atoms with E-state index in [0.29, 0.717) is 28.0 Å². The SMILES string of the molecule is O=C(O)CNC(=O)c1nc(-c2ccsc2)c2cc(Oc3ccccc3)ccc2c1O. The molecule has 2 heterocycles. The second-order valence-electron chi connectivity index (χ2n) is 6.37. The molecule has 8 heteroatoms. The summed E-state index contributed by atoms with van der Waals surface area (Å²) in [6.45, 7) is -0.574. The van der Waals surface area contributed by atoms with E-state index in [2.05, 4.69) is 10.3 Å². The molecule has 2 aromatic heterocycles. The van der Waals surface area contributed by atoms with Gasteiger partial charge in [0.1, 0.15) is 18.0 Å². The number of amides is 1. The van der Waals surface area contributed by atoms with Crippen LogP contribution < -0.4 is 10.1 Å². The molecule has 0 unspecified atom stereocenters. The van der Waals surface area contributed by atoms with Gasteiger partial charge in [0.15, 0.2) is 11.4 Å². The standard InChI is InChI=1S/C22H16N2O5S/c25-18(26)11-23-22(28)20-21(27)16-7-6-15(29-14-4-2-1-3-5-14)10-17(16)19(24-20)13-8-9-30-12-13/h1-10,12,27H,11H2,(H,23,28)(H,25,26). The molecular weight excluding hydrogens is 404 g/mol. The lowest BCUT2D eigenvalue weighted by molar-refractivity contribution is -0.135. The highest BCUT2D eigenvalue weighted by molar-refractivity contribution is 7.08. The van der Waals surface area contributed by atoms with E-state index in [-0.39, 0.29) is 11.4 Å². The van der Waals surface area contributed by atoms with Crippen LogP contribution in [0.1, 0.15) is 10.5 Å². The van der Waals surface area contributed by atoms with Crippen molar-refractivity contribution in [1.29, 1.82) is 0 Å². The zero-order valence-electron chi connectivity index (χ0n) is 15.5. The van der Waals surface area contributed by atoms with Gasteiger partial charge in [-0.05, 0) is 41.8 Å². The Labute approximate surface area is 175 Å². The van der Waals surface area contributed by atoms with Crippen molar-refractivity contribution in [2.45, 2.75) is 0 Å². The lowest BCUT2D eigenvalue weighted by Crippen LogP contribution is -2.30. The summed E-state index contributed by atoms with van der Waals surface area (Å²) in [7, 11) is 0. The second-order valence-corrected chi connectivity index (χ2v) is 7.15. The number of aliphatic carboxylic acids is 1. The first-order valence-electron chi connectivity index (χ1n) is 8.95. The van der Waals surface area contributed by atoms with E-state index >= 15 is 0 Å². The van der Waals surface area contributed by atoms with Gasteiger partial charge in [-0.15, -0.1) is 0 Å². The number of thiophene rings is 1. The van der Waals surface area contributed by atoms with E-state index in [4.69, 9.17) is 9.84 Å². The molecule has 7 nitrogen and oxygen atoms in total. The summed E-state index contributed by atoms with van der Waals surface area (Å²) < 4.78 is 5.89. The predicted molar refractivity (Wildman–Crippen MR) is 113 cm³/mol. The van der Waals surface area contributed by atoms with Crippen molar-refractivity contribution in [1.82, 2.24) is 10.3 Å². The summed E-state index contributed by atoms with van der Waals surface area (Å²) in [4.78, 5) is 27.6. The van der Waals surface area contributed by atoms with Crippen LogP contribution >= 0.6 is 11.3 Å². The van der Waals surface area contributed by atoms with Crippen molar-refractivity contribution in [3.05, 3.63) is 71.1 Å². The second kappa shape index (κ2) is 8.22. The van der Waals surface area contributed by atoms with Gasteiger partial charge in [0.05, 0.1) is 5.69 Å². The molecule has 0 spiro atoms. The third-order valence-corrected chi connectivity index (χ3v) is 5.02. The molecule has 0 aliphatic heterocycles. The van der Waals surface area contributed by atoms with Crippen LogP contribution in [0.25, 0.3) is 22.0 Å². The zero-order chi connectivity index (χ0) is 21.1. The van der Waals surface area contributed by atoms with Gasteiger partial charge in [-0.3, -0.25) is 9.59 Å². The number of para-hydroxylation sites is 1. The minimum absolute atomic E-state index is 0.235. The Morgan fingerprint density at radius 1 is 1.03 bits per heavy atom. The van der Waals surface area contributed by atoms with Crippen molar-refractivity contribution < 1.29 is 24.5 Å². The molecule has 0 saturated carbocycles. The molecule has 0 aliphatic rings. The maximum Gasteiger partial charge on any atom is 0.322 e. The molecule has 30 heavy (non-hydrogen) atoms. The normalized spacial score (nSPS) is 10.7. The molecule has 2 aromatic carbocycles. The Morgan fingerprint density at radius 2 is 1.83 bits per heavy atom. The van der Waals surface area contributed by atoms with Gasteiger partial charge in [-0.2, -0.15) is 11.3 Å². The van der Waals surface area contributed by atoms with Crippen LogP contribution in [0.2, 0.25) is 0 Å². The van der Waals surface area contributed by atoms with Crippen LogP contribution in [0.3, 0.4) is 0 Å². The summed E-state index contributed by atoms with van der Waals surface area (Å²) in [5, 5.41) is 26.5. The highest BCUT2D eigenvalue weighted by Crippen LogP contribution is 2.38. The molecular formula is C22H16N2O5S. The number of hydrogen-bond acceptors (Lipinski definition) is 6. The lowest BCUT2D eigenvalue weighted by atomic mass is 10.0. The third-order valence-electron chi connectivity index (χ3n) is 4.34. The first-order valence-corrected chi connectivity index (χ1v) is 9.89. The maximum absolute atomic E-state index is 12.4. The quantitative estimate of drug-likeness (QED) is 0.430. The van der Waals surface area contributed by atoms with Gasteiger partial charge in [-0.1, -0.05) is 18.2 Å². The largest absolute Gasteiger partial charge is 0.505 e. The van der Waals surface area contributed by atoms with Crippen LogP contribution in [0, 0.1) is 0 Å². The predicted octanol–water partition coefficient (Wildman–Crippen LogP) is 4.28. The first kappa shape index (κ1) is 19.4. The van der Waals surface area contributed by atoms with Crippen LogP contribution in [0.4, 0.5) is 0 Å². The molecule has 3 N–H and O–H groups in total. The highest BCUT2D eigenvalue weighted by Gasteiger charge is 2.21. The molecule has 0 aliphatic carbocycles. The number of benzene rings is 2. The fraction of sp³-hybridized carbons (Fsp3) is 0.0455. The Kier molecular flexibility index (Phi) is 5.32. The Hall–Kier alpha value is -3.91. The summed E-state index contributed by atoms with van der Waals surface area (Å²) >= 11 is 1.47. The fourth-order valence-electron chi connectivity index (χ4n) is 2.98. The van der Waals surface area contributed by atoms with E-state index in [1.165, 1.54) is 11.3 Å². The molecule has 0 fully saturated rings. The lowest BCUT2D eigenvalue weighted by Gasteiger charge is -2.13. The molecule has 4 aromatic rings. The summed E-state index contributed by atoms with van der Waals surface area (Å²) in [6.07, 6.45) is 0. The minimum atomic E-state index is -1.19. The van der Waals surface area contributed by atoms with E-state index in [9.17, 15) is 14.7 Å². The Balaban J connectivity index is 1.83. The van der Waals surface area contributed by atoms with Gasteiger partial charge in [0, 0.05) is 21.7 Å². The monoisotopic (exact) mass is 420 g/mol. The molecule has 0 saturated heterocycles. The number of pyridine rings is 1. The number of aromatic hydroxyl groups is 1. The molecule has 4 rings (SSSR count). The number of nitrogens with zero attached hydrogens (tertiary/aromatic N) is 1. The van der Waals surface area contributed by atoms with Crippen molar-refractivity contribution in [3.8, 4) is 28.5 Å². The summed E-state index contributed by atoms with van der Waals surface area (Å²) in [5.74, 6) is -1.06. The van der Waals surface area contributed by atoms with Crippen molar-refractivity contribution in [3.63, 3.8) is 0 Å². The molecule has 0 bridgehead atoms. The summed E-state index contributed by atoms with van der Waals surface area (Å²) in [5.41, 5.74) is 1.03. The molecule has 1 amide bonds. The first-order chi connectivity index (χ1) is 14.5. The smallest absolute Gasteiger partial charge is 0.322 e. The number of carboxylic acid groups (broad SMARTS) is 1. The topological polar surface area (TPSA) is 109 Å². The fourth-order valence-corrected chi connectivity index (χ4v) is 3.62. The number of carbonyl (C=O) groups is 2. The van der Waals surface area contributed by atoms with E-state index < -0.39 is 18.4 Å². The number of aromatic nitrogens is 1. The molecule has 0 atom stereocenters. The number of ether oxygens (including phenoxy) is 1. The highest BCUT2D eigenvalue weighted by atomic mass is 32.1. The third kappa shape index (κ3) is 3.94. The maximum atomic E-state index is 12.4. The van der Waals surface area contributed by atoms with Gasteiger partial charge >= 0.3 is 5.97 Å². The van der Waals surface area contributed by atoms with E-state index in [0.717, 1.165) is 5.56 Å². The average Bonchev–Trinajstić information content (AvgIpc) is 3.28. The molecule has 0 radical (unpaired) electrons.